The zero-order chi connectivity index (χ0) is 15.0. The summed E-state index contributed by atoms with van der Waals surface area (Å²) in [5.41, 5.74) is 0.237. The van der Waals surface area contributed by atoms with Crippen molar-refractivity contribution >= 4 is 5.91 Å². The molecule has 21 heavy (non-hydrogen) atoms. The molecule has 0 bridgehead atoms. The first-order chi connectivity index (χ1) is 10.1. The van der Waals surface area contributed by atoms with Gasteiger partial charge in [0.1, 0.15) is 0 Å². The molecule has 0 radical (unpaired) electrons. The summed E-state index contributed by atoms with van der Waals surface area (Å²) in [4.78, 5) is 16.8. The number of amides is 1. The van der Waals surface area contributed by atoms with E-state index < -0.39 is 11.6 Å². The highest BCUT2D eigenvalue weighted by Gasteiger charge is 2.38. The van der Waals surface area contributed by atoms with Crippen molar-refractivity contribution in [3.8, 4) is 0 Å². The number of likely N-dealkylation sites (N-methyl/N-ethyl adjacent to an activating group) is 1. The fraction of sp³-hybridized carbons (Fsp3) is 0.562. The second-order valence-electron chi connectivity index (χ2n) is 6.03. The molecule has 1 amide bonds. The molecule has 0 N–H and O–H groups in total. The van der Waals surface area contributed by atoms with Crippen molar-refractivity contribution in [3.63, 3.8) is 0 Å². The first-order valence-electron chi connectivity index (χ1n) is 7.54. The molecule has 2 heterocycles. The molecular weight excluding hydrogens is 274 g/mol. The Morgan fingerprint density at radius 3 is 2.48 bits per heavy atom. The average molecular weight is 294 g/mol. The molecule has 2 unspecified atom stereocenters. The standard InChI is InChI=1S/C16H20F2N2O/c1-19-8-2-4-14(19)15-5-3-9-20(15)16(21)11-6-7-12(17)13(18)10-11/h6-7,10,14-15H,2-5,8-9H2,1H3. The Morgan fingerprint density at radius 1 is 1.10 bits per heavy atom. The Balaban J connectivity index is 1.81. The van der Waals surface area contributed by atoms with E-state index in [-0.39, 0.29) is 17.5 Å². The van der Waals surface area contributed by atoms with Gasteiger partial charge in [0, 0.05) is 24.2 Å². The number of nitrogens with zero attached hydrogens (tertiary/aromatic N) is 2. The first-order valence-corrected chi connectivity index (χ1v) is 7.54. The van der Waals surface area contributed by atoms with Crippen LogP contribution in [0.25, 0.3) is 0 Å². The summed E-state index contributed by atoms with van der Waals surface area (Å²) in [6.07, 6.45) is 4.22. The maximum absolute atomic E-state index is 13.3. The van der Waals surface area contributed by atoms with Crippen LogP contribution in [-0.2, 0) is 0 Å². The molecule has 2 fully saturated rings. The molecule has 0 aromatic heterocycles. The van der Waals surface area contributed by atoms with E-state index in [0.29, 0.717) is 12.6 Å². The Labute approximate surface area is 123 Å². The Hall–Kier alpha value is -1.49. The second kappa shape index (κ2) is 5.72. The van der Waals surface area contributed by atoms with Crippen LogP contribution in [0, 0.1) is 11.6 Å². The predicted octanol–water partition coefficient (Wildman–Crippen LogP) is 2.66. The van der Waals surface area contributed by atoms with Crippen LogP contribution in [-0.4, -0.2) is 47.9 Å². The van der Waals surface area contributed by atoms with Gasteiger partial charge in [0.05, 0.1) is 0 Å². The molecule has 5 heteroatoms. The van der Waals surface area contributed by atoms with E-state index in [0.717, 1.165) is 44.4 Å². The fourth-order valence-electron chi connectivity index (χ4n) is 3.66. The molecule has 2 saturated heterocycles. The van der Waals surface area contributed by atoms with Crippen LogP contribution in [0.3, 0.4) is 0 Å². The monoisotopic (exact) mass is 294 g/mol. The first kappa shape index (κ1) is 14.4. The van der Waals surface area contributed by atoms with Gasteiger partial charge in [-0.05, 0) is 57.5 Å². The van der Waals surface area contributed by atoms with Gasteiger partial charge < -0.3 is 9.80 Å². The fourth-order valence-corrected chi connectivity index (χ4v) is 3.66. The lowest BCUT2D eigenvalue weighted by Crippen LogP contribution is -2.47. The predicted molar refractivity (Wildman–Crippen MR) is 76.1 cm³/mol. The molecule has 0 aliphatic carbocycles. The molecule has 0 spiro atoms. The number of benzene rings is 1. The Morgan fingerprint density at radius 2 is 1.81 bits per heavy atom. The summed E-state index contributed by atoms with van der Waals surface area (Å²) in [7, 11) is 2.09. The molecular formula is C16H20F2N2O. The number of carbonyl (C=O) groups excluding carboxylic acids is 1. The number of hydrogen-bond donors (Lipinski definition) is 0. The lowest BCUT2D eigenvalue weighted by molar-refractivity contribution is 0.0664. The average Bonchev–Trinajstić information content (AvgIpc) is 3.09. The zero-order valence-electron chi connectivity index (χ0n) is 12.2. The SMILES string of the molecule is CN1CCCC1C1CCCN1C(=O)c1ccc(F)c(F)c1. The summed E-state index contributed by atoms with van der Waals surface area (Å²) in [6, 6.07) is 3.98. The molecule has 1 aromatic rings. The van der Waals surface area contributed by atoms with Crippen molar-refractivity contribution < 1.29 is 13.6 Å². The van der Waals surface area contributed by atoms with Gasteiger partial charge >= 0.3 is 0 Å². The van der Waals surface area contributed by atoms with E-state index in [1.807, 2.05) is 4.90 Å². The minimum Gasteiger partial charge on any atom is -0.334 e. The lowest BCUT2D eigenvalue weighted by atomic mass is 10.0. The summed E-state index contributed by atoms with van der Waals surface area (Å²) < 4.78 is 26.3. The molecule has 2 aliphatic heterocycles. The van der Waals surface area contributed by atoms with Crippen molar-refractivity contribution in [1.29, 1.82) is 0 Å². The van der Waals surface area contributed by atoms with E-state index in [1.165, 1.54) is 6.07 Å². The smallest absolute Gasteiger partial charge is 0.254 e. The van der Waals surface area contributed by atoms with Crippen LogP contribution in [0.1, 0.15) is 36.0 Å². The van der Waals surface area contributed by atoms with E-state index in [4.69, 9.17) is 0 Å². The third kappa shape index (κ3) is 2.67. The van der Waals surface area contributed by atoms with Gasteiger partial charge in [0.2, 0.25) is 0 Å². The van der Waals surface area contributed by atoms with Gasteiger partial charge in [0.25, 0.3) is 5.91 Å². The highest BCUT2D eigenvalue weighted by molar-refractivity contribution is 5.94. The number of hydrogen-bond acceptors (Lipinski definition) is 2. The Bertz CT molecular complexity index is 549. The topological polar surface area (TPSA) is 23.6 Å². The van der Waals surface area contributed by atoms with Gasteiger partial charge in [-0.15, -0.1) is 0 Å². The number of likely N-dealkylation sites (tertiary alicyclic amines) is 2. The molecule has 3 nitrogen and oxygen atoms in total. The summed E-state index contributed by atoms with van der Waals surface area (Å²) in [5, 5.41) is 0. The van der Waals surface area contributed by atoms with E-state index in [1.54, 1.807) is 0 Å². The summed E-state index contributed by atoms with van der Waals surface area (Å²) in [6.45, 7) is 1.77. The maximum Gasteiger partial charge on any atom is 0.254 e. The highest BCUT2D eigenvalue weighted by Crippen LogP contribution is 2.30. The third-order valence-corrected chi connectivity index (χ3v) is 4.75. The highest BCUT2D eigenvalue weighted by atomic mass is 19.2. The van der Waals surface area contributed by atoms with Gasteiger partial charge in [-0.25, -0.2) is 8.78 Å². The maximum atomic E-state index is 13.3. The van der Waals surface area contributed by atoms with Crippen LogP contribution in [0.2, 0.25) is 0 Å². The van der Waals surface area contributed by atoms with Crippen molar-refractivity contribution in [2.45, 2.75) is 37.8 Å². The van der Waals surface area contributed by atoms with Crippen LogP contribution >= 0.6 is 0 Å². The van der Waals surface area contributed by atoms with Crippen molar-refractivity contribution in [1.82, 2.24) is 9.80 Å². The van der Waals surface area contributed by atoms with Crippen LogP contribution in [0.15, 0.2) is 18.2 Å². The van der Waals surface area contributed by atoms with Crippen LogP contribution in [0.4, 0.5) is 8.78 Å². The van der Waals surface area contributed by atoms with Crippen molar-refractivity contribution in [3.05, 3.63) is 35.4 Å². The quantitative estimate of drug-likeness (QED) is 0.837. The number of carbonyl (C=O) groups is 1. The molecule has 114 valence electrons. The number of halogens is 2. The number of rotatable bonds is 2. The molecule has 0 saturated carbocycles. The third-order valence-electron chi connectivity index (χ3n) is 4.75. The van der Waals surface area contributed by atoms with E-state index >= 15 is 0 Å². The largest absolute Gasteiger partial charge is 0.334 e. The molecule has 2 atom stereocenters. The minimum atomic E-state index is -0.963. The van der Waals surface area contributed by atoms with Gasteiger partial charge in [-0.2, -0.15) is 0 Å². The Kier molecular flexibility index (Phi) is 3.93. The van der Waals surface area contributed by atoms with Gasteiger partial charge in [-0.1, -0.05) is 0 Å². The van der Waals surface area contributed by atoms with Gasteiger partial charge in [-0.3, -0.25) is 4.79 Å². The zero-order valence-corrected chi connectivity index (χ0v) is 12.2. The van der Waals surface area contributed by atoms with E-state index in [2.05, 4.69) is 11.9 Å². The summed E-state index contributed by atoms with van der Waals surface area (Å²) in [5.74, 6) is -2.06. The summed E-state index contributed by atoms with van der Waals surface area (Å²) >= 11 is 0. The molecule has 1 aromatic carbocycles. The lowest BCUT2D eigenvalue weighted by Gasteiger charge is -2.33. The van der Waals surface area contributed by atoms with Crippen molar-refractivity contribution in [2.24, 2.45) is 0 Å². The molecule has 3 rings (SSSR count). The van der Waals surface area contributed by atoms with Crippen LogP contribution in [0.5, 0.6) is 0 Å². The van der Waals surface area contributed by atoms with E-state index in [9.17, 15) is 13.6 Å². The second-order valence-corrected chi connectivity index (χ2v) is 6.03. The normalized spacial score (nSPS) is 26.5. The minimum absolute atomic E-state index is 0.184. The van der Waals surface area contributed by atoms with Gasteiger partial charge in [0.15, 0.2) is 11.6 Å². The molecule has 2 aliphatic rings. The van der Waals surface area contributed by atoms with Crippen LogP contribution < -0.4 is 0 Å². The van der Waals surface area contributed by atoms with Crippen molar-refractivity contribution in [2.75, 3.05) is 20.1 Å².